The van der Waals surface area contributed by atoms with Gasteiger partial charge in [0, 0.05) is 29.1 Å². The van der Waals surface area contributed by atoms with Crippen LogP contribution in [-0.4, -0.2) is 44.2 Å². The highest BCUT2D eigenvalue weighted by Gasteiger charge is 2.15. The van der Waals surface area contributed by atoms with Gasteiger partial charge in [0.25, 0.3) is 0 Å². The van der Waals surface area contributed by atoms with E-state index >= 15 is 0 Å². The third-order valence-electron chi connectivity index (χ3n) is 3.37. The molecule has 0 aliphatic carbocycles. The van der Waals surface area contributed by atoms with Crippen molar-refractivity contribution < 1.29 is 14.3 Å². The van der Waals surface area contributed by atoms with Crippen LogP contribution in [0.2, 0.25) is 0 Å². The van der Waals surface area contributed by atoms with E-state index in [1.54, 1.807) is 44.2 Å². The summed E-state index contributed by atoms with van der Waals surface area (Å²) in [5.41, 5.74) is 0.696. The normalized spacial score (nSPS) is 15.5. The number of methoxy groups -OCH3 is 2. The van der Waals surface area contributed by atoms with Crippen molar-refractivity contribution in [1.82, 2.24) is 5.32 Å². The molecule has 116 valence electrons. The van der Waals surface area contributed by atoms with Gasteiger partial charge >= 0.3 is 0 Å². The van der Waals surface area contributed by atoms with Gasteiger partial charge in [0.1, 0.15) is 11.5 Å². The van der Waals surface area contributed by atoms with E-state index in [2.05, 4.69) is 10.6 Å². The summed E-state index contributed by atoms with van der Waals surface area (Å²) in [6.07, 6.45) is 2.26. The molecular weight excluding hydrogens is 288 g/mol. The Morgan fingerprint density at radius 3 is 2.43 bits per heavy atom. The lowest BCUT2D eigenvalue weighted by molar-refractivity contribution is -0.113. The summed E-state index contributed by atoms with van der Waals surface area (Å²) < 4.78 is 10.4. The van der Waals surface area contributed by atoms with Crippen LogP contribution < -0.4 is 20.1 Å². The molecule has 1 fully saturated rings. The Balaban J connectivity index is 1.86. The van der Waals surface area contributed by atoms with Crippen LogP contribution in [-0.2, 0) is 4.79 Å². The second kappa shape index (κ2) is 8.14. The molecule has 1 saturated heterocycles. The topological polar surface area (TPSA) is 59.6 Å². The zero-order valence-electron chi connectivity index (χ0n) is 12.5. The third-order valence-corrected chi connectivity index (χ3v) is 4.74. The largest absolute Gasteiger partial charge is 0.497 e. The van der Waals surface area contributed by atoms with Crippen LogP contribution >= 0.6 is 11.8 Å². The van der Waals surface area contributed by atoms with Gasteiger partial charge in [-0.25, -0.2) is 0 Å². The highest BCUT2D eigenvalue weighted by molar-refractivity contribution is 8.00. The molecule has 0 saturated carbocycles. The maximum absolute atomic E-state index is 12.0. The first-order chi connectivity index (χ1) is 10.2. The minimum absolute atomic E-state index is 0.00818. The van der Waals surface area contributed by atoms with Crippen LogP contribution in [0.5, 0.6) is 11.5 Å². The molecule has 6 heteroatoms. The number of piperidine rings is 1. The summed E-state index contributed by atoms with van der Waals surface area (Å²) in [5, 5.41) is 6.80. The van der Waals surface area contributed by atoms with Crippen molar-refractivity contribution in [2.75, 3.05) is 38.4 Å². The van der Waals surface area contributed by atoms with Gasteiger partial charge in [-0.1, -0.05) is 0 Å². The Kier molecular flexibility index (Phi) is 6.20. The Morgan fingerprint density at radius 1 is 1.24 bits per heavy atom. The van der Waals surface area contributed by atoms with E-state index in [1.807, 2.05) is 0 Å². The molecule has 5 nitrogen and oxygen atoms in total. The Morgan fingerprint density at radius 2 is 1.86 bits per heavy atom. The van der Waals surface area contributed by atoms with Crippen molar-refractivity contribution in [3.05, 3.63) is 18.2 Å². The predicted octanol–water partition coefficient (Wildman–Crippen LogP) is 2.13. The molecule has 0 unspecified atom stereocenters. The molecule has 1 aliphatic rings. The van der Waals surface area contributed by atoms with E-state index in [0.717, 1.165) is 25.9 Å². The minimum atomic E-state index is 0.00818. The van der Waals surface area contributed by atoms with Crippen LogP contribution in [0.4, 0.5) is 5.69 Å². The van der Waals surface area contributed by atoms with Crippen molar-refractivity contribution in [3.8, 4) is 11.5 Å². The van der Waals surface area contributed by atoms with Gasteiger partial charge in [0.2, 0.25) is 5.91 Å². The number of hydrogen-bond acceptors (Lipinski definition) is 5. The molecule has 0 atom stereocenters. The molecule has 0 radical (unpaired) electrons. The molecule has 2 rings (SSSR count). The predicted molar refractivity (Wildman–Crippen MR) is 86.5 cm³/mol. The lowest BCUT2D eigenvalue weighted by Gasteiger charge is -2.21. The quantitative estimate of drug-likeness (QED) is 0.843. The van der Waals surface area contributed by atoms with Crippen molar-refractivity contribution in [3.63, 3.8) is 0 Å². The number of thioether (sulfide) groups is 1. The smallest absolute Gasteiger partial charge is 0.234 e. The lowest BCUT2D eigenvalue weighted by atomic mass is 10.2. The molecule has 0 spiro atoms. The standard InChI is InChI=1S/C15H22N2O3S/c1-19-12-7-11(8-13(9-12)20-2)17-15(18)10-21-14-3-5-16-6-4-14/h7-9,14,16H,3-6,10H2,1-2H3,(H,17,18). The van der Waals surface area contributed by atoms with Gasteiger partial charge in [-0.2, -0.15) is 0 Å². The zero-order valence-corrected chi connectivity index (χ0v) is 13.3. The SMILES string of the molecule is COc1cc(NC(=O)CSC2CCNCC2)cc(OC)c1. The number of nitrogens with one attached hydrogen (secondary N) is 2. The first-order valence-corrected chi connectivity index (χ1v) is 8.11. The summed E-state index contributed by atoms with van der Waals surface area (Å²) in [4.78, 5) is 12.0. The average Bonchev–Trinajstić information content (AvgIpc) is 2.53. The second-order valence-corrected chi connectivity index (χ2v) is 6.20. The van der Waals surface area contributed by atoms with E-state index in [-0.39, 0.29) is 5.91 Å². The number of hydrogen-bond donors (Lipinski definition) is 2. The van der Waals surface area contributed by atoms with Gasteiger partial charge in [-0.15, -0.1) is 11.8 Å². The molecule has 1 aliphatic heterocycles. The van der Waals surface area contributed by atoms with Crippen LogP contribution in [0.15, 0.2) is 18.2 Å². The lowest BCUT2D eigenvalue weighted by Crippen LogP contribution is -2.30. The van der Waals surface area contributed by atoms with Crippen molar-refractivity contribution >= 4 is 23.4 Å². The molecule has 21 heavy (non-hydrogen) atoms. The maximum Gasteiger partial charge on any atom is 0.234 e. The molecule has 1 aromatic rings. The Bertz CT molecular complexity index is 454. The van der Waals surface area contributed by atoms with Gasteiger partial charge in [-0.3, -0.25) is 4.79 Å². The van der Waals surface area contributed by atoms with E-state index < -0.39 is 0 Å². The highest BCUT2D eigenvalue weighted by atomic mass is 32.2. The minimum Gasteiger partial charge on any atom is -0.497 e. The molecule has 0 aromatic heterocycles. The van der Waals surface area contributed by atoms with Gasteiger partial charge in [-0.05, 0) is 25.9 Å². The van der Waals surface area contributed by atoms with E-state index in [4.69, 9.17) is 9.47 Å². The van der Waals surface area contributed by atoms with Crippen LogP contribution in [0.1, 0.15) is 12.8 Å². The summed E-state index contributed by atoms with van der Waals surface area (Å²) in [7, 11) is 3.18. The van der Waals surface area contributed by atoms with Crippen molar-refractivity contribution in [2.45, 2.75) is 18.1 Å². The summed E-state index contributed by atoms with van der Waals surface area (Å²) in [6.45, 7) is 2.10. The number of amides is 1. The number of carbonyl (C=O) groups excluding carboxylic acids is 1. The van der Waals surface area contributed by atoms with Gasteiger partial charge < -0.3 is 20.1 Å². The fourth-order valence-corrected chi connectivity index (χ4v) is 3.26. The van der Waals surface area contributed by atoms with E-state index in [1.165, 1.54) is 0 Å². The Labute approximate surface area is 129 Å². The summed E-state index contributed by atoms with van der Waals surface area (Å²) in [5.74, 6) is 1.81. The number of rotatable bonds is 6. The van der Waals surface area contributed by atoms with Crippen LogP contribution in [0.3, 0.4) is 0 Å². The van der Waals surface area contributed by atoms with Gasteiger partial charge in [0.05, 0.1) is 20.0 Å². The van der Waals surface area contributed by atoms with E-state index in [9.17, 15) is 4.79 Å². The highest BCUT2D eigenvalue weighted by Crippen LogP contribution is 2.26. The molecule has 1 aromatic carbocycles. The maximum atomic E-state index is 12.0. The average molecular weight is 310 g/mol. The van der Waals surface area contributed by atoms with Crippen LogP contribution in [0, 0.1) is 0 Å². The number of carbonyl (C=O) groups is 1. The Hall–Kier alpha value is -1.40. The second-order valence-electron chi connectivity index (χ2n) is 4.91. The summed E-state index contributed by atoms with van der Waals surface area (Å²) >= 11 is 1.73. The molecule has 2 N–H and O–H groups in total. The fourth-order valence-electron chi connectivity index (χ4n) is 2.23. The zero-order chi connectivity index (χ0) is 15.1. The number of ether oxygens (including phenoxy) is 2. The molecule has 0 bridgehead atoms. The third kappa shape index (κ3) is 5.13. The fraction of sp³-hybridized carbons (Fsp3) is 0.533. The molecular formula is C15H22N2O3S. The first kappa shape index (κ1) is 16.0. The van der Waals surface area contributed by atoms with E-state index in [0.29, 0.717) is 28.2 Å². The molecule has 1 amide bonds. The molecule has 1 heterocycles. The monoisotopic (exact) mass is 310 g/mol. The van der Waals surface area contributed by atoms with Crippen LogP contribution in [0.25, 0.3) is 0 Å². The van der Waals surface area contributed by atoms with Crippen molar-refractivity contribution in [2.24, 2.45) is 0 Å². The van der Waals surface area contributed by atoms with Gasteiger partial charge in [0.15, 0.2) is 0 Å². The number of anilines is 1. The number of benzene rings is 1. The van der Waals surface area contributed by atoms with Crippen molar-refractivity contribution in [1.29, 1.82) is 0 Å². The first-order valence-electron chi connectivity index (χ1n) is 7.06. The summed E-state index contributed by atoms with van der Waals surface area (Å²) in [6, 6.07) is 5.35.